The monoisotopic (exact) mass is 467 g/mol. The third-order valence-corrected chi connectivity index (χ3v) is 6.45. The molecule has 0 atom stereocenters. The van der Waals surface area contributed by atoms with E-state index in [2.05, 4.69) is 15.1 Å². The average Bonchev–Trinajstić information content (AvgIpc) is 3.71. The molecule has 9 nitrogen and oxygen atoms in total. The van der Waals surface area contributed by atoms with Crippen LogP contribution in [0.15, 0.2) is 30.3 Å². The zero-order chi connectivity index (χ0) is 24.1. The fraction of sp³-hybridized carbons (Fsp3) is 0.520. The van der Waals surface area contributed by atoms with Crippen molar-refractivity contribution < 1.29 is 19.1 Å². The number of carbonyl (C=O) groups excluding carboxylic acids is 2. The van der Waals surface area contributed by atoms with E-state index in [4.69, 9.17) is 9.47 Å². The fourth-order valence-electron chi connectivity index (χ4n) is 4.19. The highest BCUT2D eigenvalue weighted by Crippen LogP contribution is 2.32. The number of nitrogens with zero attached hydrogens (tertiary/aromatic N) is 5. The minimum atomic E-state index is 0.0233. The Labute approximate surface area is 200 Å². The van der Waals surface area contributed by atoms with Crippen LogP contribution >= 0.6 is 0 Å². The van der Waals surface area contributed by atoms with Gasteiger partial charge in [0.1, 0.15) is 11.5 Å². The smallest absolute Gasteiger partial charge is 0.242 e. The van der Waals surface area contributed by atoms with Crippen LogP contribution in [-0.4, -0.2) is 85.3 Å². The maximum atomic E-state index is 12.8. The first-order chi connectivity index (χ1) is 16.5. The number of carbonyl (C=O) groups is 2. The average molecular weight is 468 g/mol. The summed E-state index contributed by atoms with van der Waals surface area (Å²) >= 11 is 0. The number of piperazine rings is 1. The zero-order valence-electron chi connectivity index (χ0n) is 20.2. The maximum absolute atomic E-state index is 12.8. The quantitative estimate of drug-likeness (QED) is 0.560. The van der Waals surface area contributed by atoms with Gasteiger partial charge in [-0.2, -0.15) is 0 Å². The largest absolute Gasteiger partial charge is 0.497 e. The van der Waals surface area contributed by atoms with Crippen molar-refractivity contribution in [2.24, 2.45) is 5.92 Å². The van der Waals surface area contributed by atoms with Crippen LogP contribution in [0.25, 0.3) is 11.3 Å². The Morgan fingerprint density at radius 2 is 1.79 bits per heavy atom. The van der Waals surface area contributed by atoms with Crippen molar-refractivity contribution >= 4 is 17.6 Å². The number of benzene rings is 1. The van der Waals surface area contributed by atoms with Gasteiger partial charge in [-0.05, 0) is 43.0 Å². The summed E-state index contributed by atoms with van der Waals surface area (Å²) in [5.74, 6) is 2.82. The van der Waals surface area contributed by atoms with Crippen LogP contribution in [-0.2, 0) is 9.59 Å². The first-order valence-corrected chi connectivity index (χ1v) is 11.9. The number of amides is 2. The van der Waals surface area contributed by atoms with Gasteiger partial charge in [0.2, 0.25) is 11.8 Å². The van der Waals surface area contributed by atoms with Crippen LogP contribution in [0.4, 0.5) is 5.82 Å². The summed E-state index contributed by atoms with van der Waals surface area (Å²) in [6.07, 6.45) is 2.75. The number of ether oxygens (including phenoxy) is 2. The molecule has 2 aromatic rings. The lowest BCUT2D eigenvalue weighted by Crippen LogP contribution is -2.52. The van der Waals surface area contributed by atoms with E-state index < -0.39 is 0 Å². The van der Waals surface area contributed by atoms with Gasteiger partial charge in [-0.25, -0.2) is 0 Å². The Balaban J connectivity index is 1.34. The van der Waals surface area contributed by atoms with Crippen molar-refractivity contribution in [1.29, 1.82) is 0 Å². The Hall–Kier alpha value is -3.36. The number of aromatic nitrogens is 2. The summed E-state index contributed by atoms with van der Waals surface area (Å²) in [6.45, 7) is 5.30. The third kappa shape index (κ3) is 5.58. The van der Waals surface area contributed by atoms with E-state index in [0.717, 1.165) is 24.2 Å². The number of anilines is 1. The zero-order valence-corrected chi connectivity index (χ0v) is 20.2. The number of hydrogen-bond donors (Lipinski definition) is 0. The molecule has 0 N–H and O–H groups in total. The van der Waals surface area contributed by atoms with Crippen molar-refractivity contribution in [2.75, 3.05) is 58.4 Å². The van der Waals surface area contributed by atoms with Gasteiger partial charge < -0.3 is 24.2 Å². The van der Waals surface area contributed by atoms with Crippen LogP contribution in [0.5, 0.6) is 11.5 Å². The Morgan fingerprint density at radius 3 is 2.38 bits per heavy atom. The van der Waals surface area contributed by atoms with Crippen molar-refractivity contribution in [1.82, 2.24) is 20.0 Å². The van der Waals surface area contributed by atoms with Crippen molar-refractivity contribution in [3.63, 3.8) is 0 Å². The van der Waals surface area contributed by atoms with Gasteiger partial charge in [-0.15, -0.1) is 10.2 Å². The molecule has 1 aliphatic carbocycles. The molecule has 2 amide bonds. The minimum absolute atomic E-state index is 0.0233. The van der Waals surface area contributed by atoms with Crippen molar-refractivity contribution in [3.8, 4) is 22.8 Å². The molecule has 1 aliphatic heterocycles. The van der Waals surface area contributed by atoms with E-state index in [1.807, 2.05) is 42.2 Å². The molecular formula is C25H33N5O4. The van der Waals surface area contributed by atoms with Gasteiger partial charge in [0.25, 0.3) is 0 Å². The molecule has 2 aliphatic rings. The lowest BCUT2D eigenvalue weighted by atomic mass is 10.1. The molecule has 0 radical (unpaired) electrons. The predicted molar refractivity (Wildman–Crippen MR) is 129 cm³/mol. The second kappa shape index (κ2) is 10.7. The summed E-state index contributed by atoms with van der Waals surface area (Å²) in [5.41, 5.74) is 1.56. The first-order valence-electron chi connectivity index (χ1n) is 11.9. The van der Waals surface area contributed by atoms with E-state index in [0.29, 0.717) is 62.3 Å². The fourth-order valence-corrected chi connectivity index (χ4v) is 4.19. The van der Waals surface area contributed by atoms with Gasteiger partial charge in [0.05, 0.1) is 26.5 Å². The number of methoxy groups -OCH3 is 2. The summed E-state index contributed by atoms with van der Waals surface area (Å²) < 4.78 is 10.7. The molecule has 0 unspecified atom stereocenters. The van der Waals surface area contributed by atoms with Gasteiger partial charge in [0, 0.05) is 50.8 Å². The second-order valence-electron chi connectivity index (χ2n) is 8.78. The summed E-state index contributed by atoms with van der Waals surface area (Å²) in [7, 11) is 3.23. The molecular weight excluding hydrogens is 434 g/mol. The predicted octanol–water partition coefficient (Wildman–Crippen LogP) is 2.46. The highest BCUT2D eigenvalue weighted by atomic mass is 16.5. The minimum Gasteiger partial charge on any atom is -0.497 e. The lowest BCUT2D eigenvalue weighted by molar-refractivity contribution is -0.140. The molecule has 0 spiro atoms. The van der Waals surface area contributed by atoms with Crippen LogP contribution in [0, 0.1) is 5.92 Å². The molecule has 1 saturated heterocycles. The van der Waals surface area contributed by atoms with E-state index in [-0.39, 0.29) is 18.4 Å². The van der Waals surface area contributed by atoms with Gasteiger partial charge in [-0.1, -0.05) is 6.92 Å². The van der Waals surface area contributed by atoms with E-state index in [1.54, 1.807) is 19.1 Å². The maximum Gasteiger partial charge on any atom is 0.242 e. The molecule has 2 fully saturated rings. The molecule has 0 bridgehead atoms. The molecule has 1 saturated carbocycles. The first kappa shape index (κ1) is 23.8. The van der Waals surface area contributed by atoms with Crippen LogP contribution in [0.1, 0.15) is 26.2 Å². The van der Waals surface area contributed by atoms with Gasteiger partial charge in [-0.3, -0.25) is 9.59 Å². The summed E-state index contributed by atoms with van der Waals surface area (Å²) in [4.78, 5) is 30.8. The molecule has 4 rings (SSSR count). The van der Waals surface area contributed by atoms with E-state index >= 15 is 0 Å². The Morgan fingerprint density at radius 1 is 1.03 bits per heavy atom. The Bertz CT molecular complexity index is 1000. The molecule has 1 aromatic heterocycles. The van der Waals surface area contributed by atoms with E-state index in [9.17, 15) is 9.59 Å². The molecule has 2 heterocycles. The van der Waals surface area contributed by atoms with Crippen LogP contribution in [0.3, 0.4) is 0 Å². The normalized spacial score (nSPS) is 15.7. The van der Waals surface area contributed by atoms with Crippen LogP contribution in [0.2, 0.25) is 0 Å². The Kier molecular flexibility index (Phi) is 7.49. The SMILES string of the molecule is CCC(=O)N(CC(=O)N1CCN(c2ccc(-c3ccc(OC)cc3OC)nn2)CC1)CC1CC1. The second-order valence-corrected chi connectivity index (χ2v) is 8.78. The lowest BCUT2D eigenvalue weighted by Gasteiger charge is -2.36. The van der Waals surface area contributed by atoms with E-state index in [1.165, 1.54) is 0 Å². The summed E-state index contributed by atoms with van der Waals surface area (Å²) in [6, 6.07) is 9.46. The van der Waals surface area contributed by atoms with Crippen molar-refractivity contribution in [3.05, 3.63) is 30.3 Å². The van der Waals surface area contributed by atoms with Crippen LogP contribution < -0.4 is 14.4 Å². The number of hydrogen-bond acceptors (Lipinski definition) is 7. The third-order valence-electron chi connectivity index (χ3n) is 6.45. The highest BCUT2D eigenvalue weighted by Gasteiger charge is 2.29. The van der Waals surface area contributed by atoms with Gasteiger partial charge in [0.15, 0.2) is 5.82 Å². The highest BCUT2D eigenvalue weighted by molar-refractivity contribution is 5.85. The molecule has 182 valence electrons. The molecule has 1 aromatic carbocycles. The standard InChI is InChI=1S/C25H33N5O4/c1-4-24(31)30(16-18-5-6-18)17-25(32)29-13-11-28(12-14-29)23-10-9-21(26-27-23)20-8-7-19(33-2)15-22(20)34-3/h7-10,15,18H,4-6,11-14,16-17H2,1-3H3. The van der Waals surface area contributed by atoms with Gasteiger partial charge >= 0.3 is 0 Å². The van der Waals surface area contributed by atoms with Crippen molar-refractivity contribution in [2.45, 2.75) is 26.2 Å². The number of rotatable bonds is 9. The molecule has 9 heteroatoms. The topological polar surface area (TPSA) is 88.1 Å². The molecule has 34 heavy (non-hydrogen) atoms. The summed E-state index contributed by atoms with van der Waals surface area (Å²) in [5, 5.41) is 8.83.